The minimum Gasteiger partial charge on any atom is -0.478 e. The number of rotatable bonds is 5. The Kier molecular flexibility index (Phi) is 4.97. The molecule has 3 aliphatic rings. The first-order valence-corrected chi connectivity index (χ1v) is 11.5. The molecule has 1 N–H and O–H groups in total. The first kappa shape index (κ1) is 22.4. The van der Waals surface area contributed by atoms with Crippen LogP contribution in [0.5, 0.6) is 5.75 Å². The number of carbonyl (C=O) groups is 3. The highest BCUT2D eigenvalue weighted by Gasteiger charge is 2.57. The molecule has 0 bridgehead atoms. The molecule has 2 fully saturated rings. The van der Waals surface area contributed by atoms with Crippen LogP contribution in [0.25, 0.3) is 0 Å². The zero-order valence-electron chi connectivity index (χ0n) is 19.5. The second-order valence-electron chi connectivity index (χ2n) is 10.6. The number of nitrogens with zero attached hydrogens (tertiary/aromatic N) is 2. The van der Waals surface area contributed by atoms with Gasteiger partial charge >= 0.3 is 11.9 Å². The van der Waals surface area contributed by atoms with Crippen LogP contribution in [0.1, 0.15) is 61.5 Å². The number of fused-ring (bicyclic) bond motifs is 2. The molecule has 2 aromatic rings. The van der Waals surface area contributed by atoms with Crippen LogP contribution in [0.2, 0.25) is 0 Å². The van der Waals surface area contributed by atoms with Crippen molar-refractivity contribution in [2.75, 3.05) is 13.1 Å². The number of aliphatic carboxylic acids is 1. The van der Waals surface area contributed by atoms with Crippen molar-refractivity contribution in [1.29, 1.82) is 0 Å². The third kappa shape index (κ3) is 3.52. The molecule has 1 spiro atoms. The first-order valence-electron chi connectivity index (χ1n) is 11.5. The van der Waals surface area contributed by atoms with Crippen LogP contribution in [-0.4, -0.2) is 52.0 Å². The summed E-state index contributed by atoms with van der Waals surface area (Å²) in [6.07, 6.45) is 4.24. The second-order valence-corrected chi connectivity index (χ2v) is 10.6. The zero-order chi connectivity index (χ0) is 24.3. The van der Waals surface area contributed by atoms with Crippen molar-refractivity contribution in [2.24, 2.45) is 5.41 Å². The van der Waals surface area contributed by atoms with Gasteiger partial charge in [0.2, 0.25) is 5.91 Å². The van der Waals surface area contributed by atoms with E-state index in [4.69, 9.17) is 9.47 Å². The van der Waals surface area contributed by atoms with Crippen LogP contribution in [0.15, 0.2) is 42.7 Å². The van der Waals surface area contributed by atoms with Gasteiger partial charge in [-0.15, -0.1) is 0 Å². The number of carboxylic acids is 1. The molecule has 8 nitrogen and oxygen atoms in total. The van der Waals surface area contributed by atoms with E-state index in [1.165, 1.54) is 6.20 Å². The monoisotopic (exact) mass is 464 g/mol. The minimum atomic E-state index is -1.02. The smallest absolute Gasteiger partial charge is 0.345 e. The molecular formula is C26H28N2O6. The molecule has 0 radical (unpaired) electrons. The molecule has 1 aliphatic carbocycles. The van der Waals surface area contributed by atoms with Gasteiger partial charge in [0.15, 0.2) is 11.7 Å². The maximum absolute atomic E-state index is 13.6. The molecule has 8 heteroatoms. The largest absolute Gasteiger partial charge is 0.478 e. The van der Waals surface area contributed by atoms with Gasteiger partial charge in [0, 0.05) is 36.3 Å². The lowest BCUT2D eigenvalue weighted by atomic mass is 9.89. The number of ether oxygens (including phenoxy) is 2. The van der Waals surface area contributed by atoms with Gasteiger partial charge in [-0.05, 0) is 36.6 Å². The van der Waals surface area contributed by atoms with Crippen LogP contribution in [-0.2, 0) is 25.3 Å². The number of hydrogen-bond donors (Lipinski definition) is 1. The molecule has 1 aromatic carbocycles. The predicted molar refractivity (Wildman–Crippen MR) is 121 cm³/mol. The van der Waals surface area contributed by atoms with Crippen molar-refractivity contribution in [1.82, 2.24) is 9.88 Å². The van der Waals surface area contributed by atoms with E-state index in [2.05, 4.69) is 4.98 Å². The fraction of sp³-hybridized carbons (Fsp3) is 0.462. The molecule has 5 rings (SSSR count). The Labute approximate surface area is 197 Å². The second kappa shape index (κ2) is 7.55. The number of aromatic nitrogens is 1. The Balaban J connectivity index is 1.32. The molecule has 2 atom stereocenters. The molecule has 1 saturated carbocycles. The van der Waals surface area contributed by atoms with Crippen molar-refractivity contribution < 1.29 is 29.0 Å². The molecule has 1 saturated heterocycles. The van der Waals surface area contributed by atoms with Crippen LogP contribution in [0.4, 0.5) is 0 Å². The highest BCUT2D eigenvalue weighted by atomic mass is 16.6. The lowest BCUT2D eigenvalue weighted by Crippen LogP contribution is -2.40. The highest BCUT2D eigenvalue weighted by Crippen LogP contribution is 2.52. The van der Waals surface area contributed by atoms with E-state index in [0.717, 1.165) is 24.0 Å². The predicted octanol–water partition coefficient (Wildman–Crippen LogP) is 3.29. The van der Waals surface area contributed by atoms with Crippen molar-refractivity contribution in [2.45, 2.75) is 57.2 Å². The quantitative estimate of drug-likeness (QED) is 0.677. The van der Waals surface area contributed by atoms with Crippen LogP contribution in [0.3, 0.4) is 0 Å². The molecule has 1 unspecified atom stereocenters. The summed E-state index contributed by atoms with van der Waals surface area (Å²) >= 11 is 0. The summed E-state index contributed by atoms with van der Waals surface area (Å²) in [6, 6.07) is 8.98. The average Bonchev–Trinajstić information content (AvgIpc) is 3.43. The fourth-order valence-electron chi connectivity index (χ4n) is 5.14. The summed E-state index contributed by atoms with van der Waals surface area (Å²) in [5, 5.41) is 9.51. The van der Waals surface area contributed by atoms with Gasteiger partial charge in [0.25, 0.3) is 0 Å². The summed E-state index contributed by atoms with van der Waals surface area (Å²) in [5.41, 5.74) is 0.218. The minimum absolute atomic E-state index is 0.0368. The fourth-order valence-corrected chi connectivity index (χ4v) is 5.14. The van der Waals surface area contributed by atoms with Crippen molar-refractivity contribution >= 4 is 17.8 Å². The third-order valence-electron chi connectivity index (χ3n) is 7.17. The maximum Gasteiger partial charge on any atom is 0.345 e. The van der Waals surface area contributed by atoms with Gasteiger partial charge < -0.3 is 19.5 Å². The molecule has 1 aromatic heterocycles. The summed E-state index contributed by atoms with van der Waals surface area (Å²) in [5.74, 6) is -0.908. The van der Waals surface area contributed by atoms with Gasteiger partial charge in [-0.1, -0.05) is 32.9 Å². The van der Waals surface area contributed by atoms with E-state index in [0.29, 0.717) is 30.8 Å². The molecule has 178 valence electrons. The Morgan fingerprint density at radius 2 is 1.85 bits per heavy atom. The highest BCUT2D eigenvalue weighted by molar-refractivity contribution is 5.95. The normalized spacial score (nSPS) is 23.4. The molecule has 3 heterocycles. The maximum atomic E-state index is 13.6. The van der Waals surface area contributed by atoms with Crippen molar-refractivity contribution in [3.05, 3.63) is 59.4 Å². The first-order chi connectivity index (χ1) is 16.1. The standard InChI is InChI=1S/C26H28N2O6/c1-24(2,3)20(21(29)30)33-17-6-4-16(5-7-17)25(9-10-25)23(32)28-13-11-26(15-28)19-8-12-27-14-18(19)22(31)34-26/h4-8,12,14,20H,9-11,13,15H2,1-3H3,(H,29,30)/t20?,26-/m0/s1. The molecular weight excluding hydrogens is 436 g/mol. The Bertz CT molecular complexity index is 1160. The number of carboxylic acid groups (broad SMARTS) is 1. The van der Waals surface area contributed by atoms with Crippen molar-refractivity contribution in [3.8, 4) is 5.75 Å². The third-order valence-corrected chi connectivity index (χ3v) is 7.17. The number of amides is 1. The van der Waals surface area contributed by atoms with Gasteiger partial charge in [0.05, 0.1) is 17.5 Å². The topological polar surface area (TPSA) is 106 Å². The lowest BCUT2D eigenvalue weighted by molar-refractivity contribution is -0.150. The molecule has 34 heavy (non-hydrogen) atoms. The van der Waals surface area contributed by atoms with E-state index in [9.17, 15) is 19.5 Å². The van der Waals surface area contributed by atoms with Crippen LogP contribution < -0.4 is 4.74 Å². The number of likely N-dealkylation sites (tertiary alicyclic amines) is 1. The number of carbonyl (C=O) groups excluding carboxylic acids is 2. The lowest BCUT2D eigenvalue weighted by Gasteiger charge is -2.28. The molecule has 2 aliphatic heterocycles. The van der Waals surface area contributed by atoms with E-state index < -0.39 is 28.5 Å². The van der Waals surface area contributed by atoms with Crippen LogP contribution >= 0.6 is 0 Å². The Hall–Kier alpha value is -3.42. The number of pyridine rings is 1. The van der Waals surface area contributed by atoms with Gasteiger partial charge in [-0.25, -0.2) is 9.59 Å². The van der Waals surface area contributed by atoms with Crippen molar-refractivity contribution in [3.63, 3.8) is 0 Å². The van der Waals surface area contributed by atoms with Gasteiger partial charge in [-0.2, -0.15) is 0 Å². The Morgan fingerprint density at radius 1 is 1.15 bits per heavy atom. The van der Waals surface area contributed by atoms with Gasteiger partial charge in [0.1, 0.15) is 5.75 Å². The van der Waals surface area contributed by atoms with E-state index in [-0.39, 0.29) is 11.9 Å². The number of hydrogen-bond acceptors (Lipinski definition) is 6. The summed E-state index contributed by atoms with van der Waals surface area (Å²) in [4.78, 5) is 43.4. The molecule has 1 amide bonds. The zero-order valence-corrected chi connectivity index (χ0v) is 19.5. The van der Waals surface area contributed by atoms with E-state index in [1.54, 1.807) is 23.2 Å². The summed E-state index contributed by atoms with van der Waals surface area (Å²) in [7, 11) is 0. The average molecular weight is 465 g/mol. The number of benzene rings is 1. The summed E-state index contributed by atoms with van der Waals surface area (Å²) in [6.45, 7) is 6.30. The Morgan fingerprint density at radius 3 is 2.47 bits per heavy atom. The van der Waals surface area contributed by atoms with Gasteiger partial charge in [-0.3, -0.25) is 9.78 Å². The van der Waals surface area contributed by atoms with E-state index >= 15 is 0 Å². The SMILES string of the molecule is CC(C)(C)C(Oc1ccc(C2(C(=O)N3CC[C@@]4(C3)OC(=O)c3cnccc34)CC2)cc1)C(=O)O. The number of esters is 1. The van der Waals surface area contributed by atoms with E-state index in [1.807, 2.05) is 39.0 Å². The summed E-state index contributed by atoms with van der Waals surface area (Å²) < 4.78 is 11.5. The van der Waals surface area contributed by atoms with Crippen LogP contribution in [0, 0.1) is 5.41 Å².